The molecule has 0 saturated carbocycles. The molecule has 6 heteroatoms. The van der Waals surface area contributed by atoms with Crippen molar-refractivity contribution < 1.29 is 0 Å². The summed E-state index contributed by atoms with van der Waals surface area (Å²) in [7, 11) is 0. The summed E-state index contributed by atoms with van der Waals surface area (Å²) in [5.74, 6) is 0.755. The summed E-state index contributed by atoms with van der Waals surface area (Å²) in [5, 5.41) is 15.0. The Morgan fingerprint density at radius 3 is 1.44 bits per heavy atom. The predicted octanol–water partition coefficient (Wildman–Crippen LogP) is 14.3. The molecule has 0 unspecified atom stereocenters. The van der Waals surface area contributed by atoms with Crippen LogP contribution >= 0.6 is 0 Å². The van der Waals surface area contributed by atoms with E-state index in [1.165, 1.54) is 0 Å². The molecule has 5 heterocycles. The first-order valence-corrected chi connectivity index (χ1v) is 21.3. The molecule has 0 radical (unpaired) electrons. The lowest BCUT2D eigenvalue weighted by Gasteiger charge is -2.17. The smallest absolute Gasteiger partial charge is 0.138 e. The van der Waals surface area contributed by atoms with Crippen LogP contribution in [0.2, 0.25) is 0 Å². The van der Waals surface area contributed by atoms with E-state index in [0.29, 0.717) is 5.56 Å². The van der Waals surface area contributed by atoms with Crippen LogP contribution in [0, 0.1) is 11.3 Å². The van der Waals surface area contributed by atoms with Gasteiger partial charge in [-0.15, -0.1) is 0 Å². The van der Waals surface area contributed by atoms with Crippen LogP contribution in [-0.2, 0) is 0 Å². The second-order valence-electron chi connectivity index (χ2n) is 15.9. The first-order chi connectivity index (χ1) is 31.7. The van der Waals surface area contributed by atoms with E-state index in [9.17, 15) is 5.26 Å². The number of rotatable bonds is 7. The van der Waals surface area contributed by atoms with E-state index >= 15 is 0 Å². The van der Waals surface area contributed by atoms with E-state index in [1.807, 2.05) is 79.3 Å². The van der Waals surface area contributed by atoms with Crippen molar-refractivity contribution in [1.29, 1.82) is 5.26 Å². The van der Waals surface area contributed by atoms with Gasteiger partial charge in [-0.3, -0.25) is 14.5 Å². The number of para-hydroxylation sites is 2. The summed E-state index contributed by atoms with van der Waals surface area (Å²) in [4.78, 5) is 15.0. The first kappa shape index (κ1) is 36.9. The van der Waals surface area contributed by atoms with Crippen LogP contribution in [0.25, 0.3) is 111 Å². The Morgan fingerprint density at radius 2 is 0.844 bits per heavy atom. The predicted molar refractivity (Wildman–Crippen MR) is 260 cm³/mol. The fourth-order valence-electron chi connectivity index (χ4n) is 9.48. The van der Waals surface area contributed by atoms with Gasteiger partial charge in [-0.05, 0) is 71.8 Å². The highest BCUT2D eigenvalue weighted by Crippen LogP contribution is 2.42. The Balaban J connectivity index is 1.07. The number of nitriles is 1. The molecule has 0 atom stereocenters. The number of hydrogen-bond acceptors (Lipinski definition) is 4. The van der Waals surface area contributed by atoms with Gasteiger partial charge in [0.15, 0.2) is 0 Å². The standard InChI is InChI=1S/C58H36N6/c59-36-42-19-7-8-20-43(42)50-35-56(64-52-26-12-10-22-47(52)49-34-41(28-30-54(49)64)45-24-14-32-61-58(45)39-17-5-2-6-18-39)62-37-55(50)63-51-25-11-9-21-46(51)48-33-40(27-29-53(48)63)44-23-13-31-60-57(44)38-15-3-1-4-16-38/h1-35,37H. The van der Waals surface area contributed by atoms with Crippen LogP contribution in [0.4, 0.5) is 0 Å². The van der Waals surface area contributed by atoms with Crippen molar-refractivity contribution in [2.75, 3.05) is 0 Å². The number of benzene rings is 7. The van der Waals surface area contributed by atoms with E-state index < -0.39 is 0 Å². The molecule has 0 spiro atoms. The molecule has 7 aromatic carbocycles. The molecular formula is C58H36N6. The SMILES string of the molecule is N#Cc1ccccc1-c1cc(-n2c3ccccc3c3cc(-c4cccnc4-c4ccccc4)ccc32)ncc1-n1c2ccccc2c2cc(-c3cccnc3-c3ccccc3)ccc21. The van der Waals surface area contributed by atoms with Crippen molar-refractivity contribution in [3.8, 4) is 73.5 Å². The van der Waals surface area contributed by atoms with Crippen LogP contribution in [0.1, 0.15) is 5.56 Å². The highest BCUT2D eigenvalue weighted by Gasteiger charge is 2.22. The van der Waals surface area contributed by atoms with Gasteiger partial charge in [0, 0.05) is 67.3 Å². The summed E-state index contributed by atoms with van der Waals surface area (Å²) in [5.41, 5.74) is 15.7. The van der Waals surface area contributed by atoms with E-state index in [0.717, 1.165) is 111 Å². The summed E-state index contributed by atoms with van der Waals surface area (Å²) in [6, 6.07) is 71.8. The number of nitrogens with zero attached hydrogens (tertiary/aromatic N) is 6. The molecule has 0 aliphatic carbocycles. The zero-order valence-electron chi connectivity index (χ0n) is 34.5. The van der Waals surface area contributed by atoms with Crippen LogP contribution in [-0.4, -0.2) is 24.1 Å². The van der Waals surface area contributed by atoms with Gasteiger partial charge in [-0.1, -0.05) is 140 Å². The lowest BCUT2D eigenvalue weighted by atomic mass is 9.98. The van der Waals surface area contributed by atoms with Crippen LogP contribution < -0.4 is 0 Å². The minimum atomic E-state index is 0.589. The highest BCUT2D eigenvalue weighted by atomic mass is 15.1. The molecule has 64 heavy (non-hydrogen) atoms. The zero-order chi connectivity index (χ0) is 42.6. The molecule has 0 aliphatic heterocycles. The minimum absolute atomic E-state index is 0.589. The molecule has 0 aliphatic rings. The lowest BCUT2D eigenvalue weighted by Crippen LogP contribution is -2.04. The van der Waals surface area contributed by atoms with Gasteiger partial charge >= 0.3 is 0 Å². The second kappa shape index (κ2) is 15.2. The molecule has 298 valence electrons. The van der Waals surface area contributed by atoms with Crippen LogP contribution in [0.3, 0.4) is 0 Å². The average Bonchev–Trinajstić information content (AvgIpc) is 3.89. The van der Waals surface area contributed by atoms with Crippen molar-refractivity contribution in [2.24, 2.45) is 0 Å². The number of aromatic nitrogens is 5. The third kappa shape index (κ3) is 5.99. The van der Waals surface area contributed by atoms with Gasteiger partial charge in [0.2, 0.25) is 0 Å². The van der Waals surface area contributed by atoms with Gasteiger partial charge < -0.3 is 4.57 Å². The minimum Gasteiger partial charge on any atom is -0.307 e. The molecule has 12 rings (SSSR count). The fraction of sp³-hybridized carbons (Fsp3) is 0. The molecule has 0 amide bonds. The largest absolute Gasteiger partial charge is 0.307 e. The van der Waals surface area contributed by atoms with Crippen LogP contribution in [0.5, 0.6) is 0 Å². The maximum absolute atomic E-state index is 10.5. The third-order valence-corrected chi connectivity index (χ3v) is 12.4. The summed E-state index contributed by atoms with van der Waals surface area (Å²) in [6.07, 6.45) is 5.69. The van der Waals surface area contributed by atoms with Crippen molar-refractivity contribution in [3.63, 3.8) is 0 Å². The highest BCUT2D eigenvalue weighted by molar-refractivity contribution is 6.12. The summed E-state index contributed by atoms with van der Waals surface area (Å²) < 4.78 is 4.54. The second-order valence-corrected chi connectivity index (χ2v) is 15.9. The van der Waals surface area contributed by atoms with E-state index in [-0.39, 0.29) is 0 Å². The number of pyridine rings is 3. The van der Waals surface area contributed by atoms with Gasteiger partial charge in [0.05, 0.1) is 57.0 Å². The lowest BCUT2D eigenvalue weighted by molar-refractivity contribution is 1.06. The molecule has 6 nitrogen and oxygen atoms in total. The summed E-state index contributed by atoms with van der Waals surface area (Å²) >= 11 is 0. The quantitative estimate of drug-likeness (QED) is 0.161. The normalized spacial score (nSPS) is 11.4. The third-order valence-electron chi connectivity index (χ3n) is 12.4. The maximum atomic E-state index is 10.5. The van der Waals surface area contributed by atoms with Gasteiger partial charge in [0.25, 0.3) is 0 Å². The summed E-state index contributed by atoms with van der Waals surface area (Å²) in [6.45, 7) is 0. The number of fused-ring (bicyclic) bond motifs is 6. The Bertz CT molecular complexity index is 3800. The Hall–Kier alpha value is -8.92. The van der Waals surface area contributed by atoms with E-state index in [4.69, 9.17) is 15.0 Å². The van der Waals surface area contributed by atoms with Crippen molar-refractivity contribution >= 4 is 43.6 Å². The monoisotopic (exact) mass is 816 g/mol. The van der Waals surface area contributed by atoms with Crippen molar-refractivity contribution in [2.45, 2.75) is 0 Å². The average molecular weight is 817 g/mol. The van der Waals surface area contributed by atoms with Gasteiger partial charge in [-0.25, -0.2) is 4.98 Å². The maximum Gasteiger partial charge on any atom is 0.138 e. The molecule has 5 aromatic heterocycles. The van der Waals surface area contributed by atoms with Gasteiger partial charge in [0.1, 0.15) is 5.82 Å². The molecule has 12 aromatic rings. The fourth-order valence-corrected chi connectivity index (χ4v) is 9.48. The Morgan fingerprint density at radius 1 is 0.359 bits per heavy atom. The zero-order valence-corrected chi connectivity index (χ0v) is 34.5. The topological polar surface area (TPSA) is 72.3 Å². The Labute approximate surface area is 369 Å². The molecule has 0 bridgehead atoms. The van der Waals surface area contributed by atoms with Crippen molar-refractivity contribution in [1.82, 2.24) is 24.1 Å². The number of hydrogen-bond donors (Lipinski definition) is 0. The van der Waals surface area contributed by atoms with E-state index in [1.54, 1.807) is 0 Å². The van der Waals surface area contributed by atoms with E-state index in [2.05, 4.69) is 155 Å². The van der Waals surface area contributed by atoms with Crippen LogP contribution in [0.15, 0.2) is 219 Å². The molecule has 0 N–H and O–H groups in total. The van der Waals surface area contributed by atoms with Gasteiger partial charge in [-0.2, -0.15) is 5.26 Å². The molecular weight excluding hydrogens is 781 g/mol. The first-order valence-electron chi connectivity index (χ1n) is 21.3. The molecule has 0 saturated heterocycles. The molecule has 0 fully saturated rings. The van der Waals surface area contributed by atoms with Crippen molar-refractivity contribution in [3.05, 3.63) is 224 Å². The Kier molecular flexibility index (Phi) is 8.77.